The van der Waals surface area contributed by atoms with Gasteiger partial charge in [-0.3, -0.25) is 9.10 Å². The molecule has 0 fully saturated rings. The minimum atomic E-state index is -4.03. The van der Waals surface area contributed by atoms with E-state index in [0.717, 1.165) is 19.9 Å². The molecule has 1 N–H and O–H groups in total. The highest BCUT2D eigenvalue weighted by Crippen LogP contribution is 2.26. The van der Waals surface area contributed by atoms with Crippen molar-refractivity contribution in [3.05, 3.63) is 87.9 Å². The van der Waals surface area contributed by atoms with Gasteiger partial charge in [0.1, 0.15) is 6.54 Å². The molecule has 0 saturated carbocycles. The predicted molar refractivity (Wildman–Crippen MR) is 136 cm³/mol. The zero-order valence-corrected chi connectivity index (χ0v) is 21.4. The summed E-state index contributed by atoms with van der Waals surface area (Å²) in [6.07, 6.45) is 0. The molecule has 0 heterocycles. The molecule has 0 atom stereocenters. The molecule has 0 unspecified atom stereocenters. The molecule has 0 radical (unpaired) electrons. The van der Waals surface area contributed by atoms with Crippen LogP contribution >= 0.6 is 15.9 Å². The van der Waals surface area contributed by atoms with E-state index in [1.807, 2.05) is 6.92 Å². The van der Waals surface area contributed by atoms with E-state index in [2.05, 4.69) is 21.2 Å². The fraction of sp³-hybridized carbons (Fsp3) is 0.200. The first-order valence-corrected chi connectivity index (χ1v) is 12.8. The molecule has 34 heavy (non-hydrogen) atoms. The zero-order valence-electron chi connectivity index (χ0n) is 19.0. The van der Waals surface area contributed by atoms with Gasteiger partial charge in [-0.2, -0.15) is 0 Å². The first-order valence-electron chi connectivity index (χ1n) is 10.5. The van der Waals surface area contributed by atoms with Crippen LogP contribution in [0.15, 0.2) is 76.1 Å². The van der Waals surface area contributed by atoms with Crippen molar-refractivity contribution >= 4 is 49.2 Å². The molecule has 0 aromatic heterocycles. The van der Waals surface area contributed by atoms with E-state index in [4.69, 9.17) is 4.74 Å². The van der Waals surface area contributed by atoms with E-state index in [9.17, 15) is 18.0 Å². The van der Waals surface area contributed by atoms with Crippen molar-refractivity contribution in [2.75, 3.05) is 22.8 Å². The first-order chi connectivity index (χ1) is 16.1. The second kappa shape index (κ2) is 10.8. The predicted octanol–water partition coefficient (Wildman–Crippen LogP) is 5.08. The lowest BCUT2D eigenvalue weighted by molar-refractivity contribution is -0.114. The second-order valence-electron chi connectivity index (χ2n) is 7.60. The Morgan fingerprint density at radius 3 is 2.24 bits per heavy atom. The Morgan fingerprint density at radius 1 is 0.971 bits per heavy atom. The van der Waals surface area contributed by atoms with Crippen LogP contribution in [-0.4, -0.2) is 33.4 Å². The number of rotatable bonds is 8. The number of nitrogens with zero attached hydrogens (tertiary/aromatic N) is 1. The molecule has 0 aliphatic heterocycles. The Kier molecular flexibility index (Phi) is 8.11. The Hall–Kier alpha value is -3.17. The fourth-order valence-electron chi connectivity index (χ4n) is 3.18. The molecule has 178 valence electrons. The summed E-state index contributed by atoms with van der Waals surface area (Å²) in [5.74, 6) is -1.06. The highest BCUT2D eigenvalue weighted by Gasteiger charge is 2.27. The summed E-state index contributed by atoms with van der Waals surface area (Å²) in [5, 5.41) is 2.73. The van der Waals surface area contributed by atoms with Crippen molar-refractivity contribution in [1.82, 2.24) is 0 Å². The lowest BCUT2D eigenvalue weighted by Crippen LogP contribution is -2.38. The number of aryl methyl sites for hydroxylation is 2. The fourth-order valence-corrected chi connectivity index (χ4v) is 4.86. The smallest absolute Gasteiger partial charge is 0.338 e. The maximum atomic E-state index is 13.5. The topological polar surface area (TPSA) is 92.8 Å². The van der Waals surface area contributed by atoms with Gasteiger partial charge in [-0.25, -0.2) is 13.2 Å². The maximum absolute atomic E-state index is 13.5. The van der Waals surface area contributed by atoms with Crippen LogP contribution in [0.1, 0.15) is 28.4 Å². The van der Waals surface area contributed by atoms with Crippen LogP contribution in [0.2, 0.25) is 0 Å². The Balaban J connectivity index is 1.92. The minimum Gasteiger partial charge on any atom is -0.462 e. The van der Waals surface area contributed by atoms with Crippen molar-refractivity contribution in [1.29, 1.82) is 0 Å². The third kappa shape index (κ3) is 6.03. The summed E-state index contributed by atoms with van der Waals surface area (Å²) < 4.78 is 33.8. The summed E-state index contributed by atoms with van der Waals surface area (Å²) in [4.78, 5) is 25.2. The van der Waals surface area contributed by atoms with Gasteiger partial charge in [0.15, 0.2) is 0 Å². The molecular weight excluding hydrogens is 520 g/mol. The Morgan fingerprint density at radius 2 is 1.62 bits per heavy atom. The van der Waals surface area contributed by atoms with Crippen molar-refractivity contribution in [3.63, 3.8) is 0 Å². The first kappa shape index (κ1) is 25.5. The van der Waals surface area contributed by atoms with Gasteiger partial charge < -0.3 is 10.1 Å². The van der Waals surface area contributed by atoms with Crippen LogP contribution in [0.5, 0.6) is 0 Å². The molecule has 9 heteroatoms. The number of ether oxygens (including phenoxy) is 1. The lowest BCUT2D eigenvalue weighted by Gasteiger charge is -2.24. The van der Waals surface area contributed by atoms with Crippen LogP contribution in [0, 0.1) is 13.8 Å². The van der Waals surface area contributed by atoms with E-state index >= 15 is 0 Å². The SMILES string of the molecule is CCOC(=O)c1ccc(C)c(NC(=O)CN(c2ccc(Br)cc2)S(=O)(=O)c2ccc(C)cc2)c1. The number of carbonyl (C=O) groups excluding carboxylic acids is 2. The number of hydrogen-bond donors (Lipinski definition) is 1. The number of carbonyl (C=O) groups is 2. The summed E-state index contributed by atoms with van der Waals surface area (Å²) >= 11 is 3.35. The average Bonchev–Trinajstić information content (AvgIpc) is 2.80. The van der Waals surface area contributed by atoms with Crippen molar-refractivity contribution in [2.24, 2.45) is 0 Å². The number of nitrogens with one attached hydrogen (secondary N) is 1. The third-order valence-corrected chi connectivity index (χ3v) is 7.35. The highest BCUT2D eigenvalue weighted by atomic mass is 79.9. The quantitative estimate of drug-likeness (QED) is 0.399. The van der Waals surface area contributed by atoms with Crippen LogP contribution in [0.25, 0.3) is 0 Å². The number of esters is 1. The molecule has 0 aliphatic rings. The van der Waals surface area contributed by atoms with Crippen molar-refractivity contribution in [2.45, 2.75) is 25.7 Å². The van der Waals surface area contributed by atoms with Gasteiger partial charge in [-0.1, -0.05) is 39.7 Å². The van der Waals surface area contributed by atoms with Gasteiger partial charge >= 0.3 is 5.97 Å². The normalized spacial score (nSPS) is 11.1. The summed E-state index contributed by atoms with van der Waals surface area (Å²) in [7, 11) is -4.03. The van der Waals surface area contributed by atoms with Crippen LogP contribution < -0.4 is 9.62 Å². The number of amides is 1. The number of anilines is 2. The number of halogens is 1. The van der Waals surface area contributed by atoms with E-state index in [0.29, 0.717) is 16.9 Å². The largest absolute Gasteiger partial charge is 0.462 e. The van der Waals surface area contributed by atoms with E-state index in [-0.39, 0.29) is 11.5 Å². The second-order valence-corrected chi connectivity index (χ2v) is 10.4. The molecule has 0 spiro atoms. The number of benzene rings is 3. The van der Waals surface area contributed by atoms with E-state index in [1.54, 1.807) is 62.4 Å². The third-order valence-electron chi connectivity index (χ3n) is 5.03. The van der Waals surface area contributed by atoms with Gasteiger partial charge in [0.25, 0.3) is 10.0 Å². The number of sulfonamides is 1. The molecule has 1 amide bonds. The maximum Gasteiger partial charge on any atom is 0.338 e. The molecule has 0 aliphatic carbocycles. The Labute approximate surface area is 207 Å². The minimum absolute atomic E-state index is 0.0781. The molecule has 7 nitrogen and oxygen atoms in total. The Bertz CT molecular complexity index is 1290. The average molecular weight is 545 g/mol. The summed E-state index contributed by atoms with van der Waals surface area (Å²) in [5.41, 5.74) is 2.68. The molecule has 3 aromatic rings. The van der Waals surface area contributed by atoms with Gasteiger partial charge in [0.05, 0.1) is 22.8 Å². The molecule has 3 rings (SSSR count). The van der Waals surface area contributed by atoms with Gasteiger partial charge in [0.2, 0.25) is 5.91 Å². The van der Waals surface area contributed by atoms with Crippen LogP contribution in [0.3, 0.4) is 0 Å². The van der Waals surface area contributed by atoms with Crippen molar-refractivity contribution in [3.8, 4) is 0 Å². The molecule has 3 aromatic carbocycles. The van der Waals surface area contributed by atoms with Crippen molar-refractivity contribution < 1.29 is 22.7 Å². The monoisotopic (exact) mass is 544 g/mol. The summed E-state index contributed by atoms with van der Waals surface area (Å²) in [6, 6.07) is 17.9. The summed E-state index contributed by atoms with van der Waals surface area (Å²) in [6.45, 7) is 5.12. The zero-order chi connectivity index (χ0) is 24.9. The van der Waals surface area contributed by atoms with Crippen LogP contribution in [0.4, 0.5) is 11.4 Å². The molecule has 0 saturated heterocycles. The standard InChI is InChI=1S/C25H25BrN2O5S/c1-4-33-25(30)19-8-7-18(3)23(15-19)27-24(29)16-28(21-11-9-20(26)10-12-21)34(31,32)22-13-5-17(2)6-14-22/h5-15H,4,16H2,1-3H3,(H,27,29). The van der Waals surface area contributed by atoms with Gasteiger partial charge in [-0.15, -0.1) is 0 Å². The lowest BCUT2D eigenvalue weighted by atomic mass is 10.1. The van der Waals surface area contributed by atoms with Crippen LogP contribution in [-0.2, 0) is 19.6 Å². The van der Waals surface area contributed by atoms with E-state index in [1.165, 1.54) is 18.2 Å². The molecular formula is C25H25BrN2O5S. The molecule has 0 bridgehead atoms. The number of hydrogen-bond acceptors (Lipinski definition) is 5. The highest BCUT2D eigenvalue weighted by molar-refractivity contribution is 9.10. The van der Waals surface area contributed by atoms with E-state index < -0.39 is 28.4 Å². The van der Waals surface area contributed by atoms with Gasteiger partial charge in [-0.05, 0) is 74.9 Å². The van der Waals surface area contributed by atoms with Gasteiger partial charge in [0, 0.05) is 10.2 Å².